The Hall–Kier alpha value is -2.47. The van der Waals surface area contributed by atoms with Crippen LogP contribution in [0.3, 0.4) is 0 Å². The molecule has 124 valence electrons. The molecule has 1 saturated heterocycles. The maximum atomic E-state index is 12.6. The zero-order valence-corrected chi connectivity index (χ0v) is 14.1. The van der Waals surface area contributed by atoms with E-state index in [1.165, 1.54) is 16.7 Å². The van der Waals surface area contributed by atoms with Crippen LogP contribution in [0.15, 0.2) is 53.4 Å². The summed E-state index contributed by atoms with van der Waals surface area (Å²) >= 11 is 1.39. The van der Waals surface area contributed by atoms with Crippen molar-refractivity contribution in [1.82, 2.24) is 0 Å². The molecular formula is C18H18N2O3S. The van der Waals surface area contributed by atoms with E-state index in [2.05, 4.69) is 0 Å². The van der Waals surface area contributed by atoms with Crippen LogP contribution in [0.5, 0.6) is 5.75 Å². The number of benzene rings is 2. The molecule has 5 nitrogen and oxygen atoms in total. The zero-order valence-electron chi connectivity index (χ0n) is 13.3. The number of hydrogen-bond acceptors (Lipinski definition) is 5. The van der Waals surface area contributed by atoms with E-state index in [1.807, 2.05) is 19.1 Å². The van der Waals surface area contributed by atoms with Crippen molar-refractivity contribution >= 4 is 35.0 Å². The third kappa shape index (κ3) is 3.38. The van der Waals surface area contributed by atoms with Crippen LogP contribution in [0.1, 0.15) is 13.3 Å². The maximum absolute atomic E-state index is 12.6. The smallest absolute Gasteiger partial charge is 0.247 e. The van der Waals surface area contributed by atoms with Gasteiger partial charge in [-0.15, -0.1) is 11.8 Å². The maximum Gasteiger partial charge on any atom is 0.247 e. The molecule has 3 rings (SSSR count). The second kappa shape index (κ2) is 6.97. The standard InChI is InChI=1S/C18H18N2O3S/c1-2-23-14-7-5-13(6-8-14)20-17(21)11-16(18(20)22)24-15-9-3-12(19)4-10-15/h3-10,16H,2,11,19H2,1H3. The molecule has 1 aliphatic rings. The van der Waals surface area contributed by atoms with Crippen molar-refractivity contribution in [1.29, 1.82) is 0 Å². The van der Waals surface area contributed by atoms with E-state index < -0.39 is 5.25 Å². The van der Waals surface area contributed by atoms with Crippen LogP contribution in [0.2, 0.25) is 0 Å². The molecule has 1 heterocycles. The number of nitrogen functional groups attached to an aromatic ring is 1. The third-order valence-corrected chi connectivity index (χ3v) is 4.87. The van der Waals surface area contributed by atoms with Gasteiger partial charge in [-0.25, -0.2) is 4.90 Å². The van der Waals surface area contributed by atoms with Gasteiger partial charge in [0.2, 0.25) is 11.8 Å². The minimum atomic E-state index is -0.410. The SMILES string of the molecule is CCOc1ccc(N2C(=O)CC(Sc3ccc(N)cc3)C2=O)cc1. The van der Waals surface area contributed by atoms with Gasteiger partial charge in [0.05, 0.1) is 17.5 Å². The Morgan fingerprint density at radius 2 is 1.79 bits per heavy atom. The van der Waals surface area contributed by atoms with Crippen molar-refractivity contribution in [3.63, 3.8) is 0 Å². The minimum Gasteiger partial charge on any atom is -0.494 e. The van der Waals surface area contributed by atoms with Gasteiger partial charge >= 0.3 is 0 Å². The Labute approximate surface area is 144 Å². The average Bonchev–Trinajstić information content (AvgIpc) is 2.85. The topological polar surface area (TPSA) is 72.6 Å². The van der Waals surface area contributed by atoms with E-state index in [9.17, 15) is 9.59 Å². The van der Waals surface area contributed by atoms with Crippen molar-refractivity contribution in [2.75, 3.05) is 17.2 Å². The summed E-state index contributed by atoms with van der Waals surface area (Å²) in [5.74, 6) is 0.344. The first-order chi connectivity index (χ1) is 11.6. The highest BCUT2D eigenvalue weighted by Gasteiger charge is 2.40. The van der Waals surface area contributed by atoms with Crippen LogP contribution < -0.4 is 15.4 Å². The second-order valence-electron chi connectivity index (χ2n) is 5.37. The fourth-order valence-electron chi connectivity index (χ4n) is 2.54. The van der Waals surface area contributed by atoms with Gasteiger partial charge in [0, 0.05) is 17.0 Å². The lowest BCUT2D eigenvalue weighted by Gasteiger charge is -2.15. The number of hydrogen-bond donors (Lipinski definition) is 1. The lowest BCUT2D eigenvalue weighted by Crippen LogP contribution is -2.31. The van der Waals surface area contributed by atoms with Crippen LogP contribution in [-0.4, -0.2) is 23.7 Å². The number of carbonyl (C=O) groups is 2. The highest BCUT2D eigenvalue weighted by Crippen LogP contribution is 2.34. The number of thioether (sulfide) groups is 1. The molecule has 1 fully saturated rings. The Morgan fingerprint density at radius 1 is 1.12 bits per heavy atom. The van der Waals surface area contributed by atoms with Gasteiger partial charge in [-0.05, 0) is 55.5 Å². The van der Waals surface area contributed by atoms with Crippen molar-refractivity contribution in [2.24, 2.45) is 0 Å². The highest BCUT2D eigenvalue weighted by molar-refractivity contribution is 8.00. The van der Waals surface area contributed by atoms with Gasteiger partial charge in [0.15, 0.2) is 0 Å². The molecule has 1 aliphatic heterocycles. The van der Waals surface area contributed by atoms with E-state index in [-0.39, 0.29) is 18.2 Å². The number of ether oxygens (including phenoxy) is 1. The monoisotopic (exact) mass is 342 g/mol. The Balaban J connectivity index is 1.74. The van der Waals surface area contributed by atoms with Crippen LogP contribution >= 0.6 is 11.8 Å². The van der Waals surface area contributed by atoms with Gasteiger partial charge in [0.25, 0.3) is 0 Å². The lowest BCUT2D eigenvalue weighted by molar-refractivity contribution is -0.121. The zero-order chi connectivity index (χ0) is 17.1. The largest absolute Gasteiger partial charge is 0.494 e. The summed E-state index contributed by atoms with van der Waals surface area (Å²) in [6.07, 6.45) is 0.196. The van der Waals surface area contributed by atoms with Crippen molar-refractivity contribution < 1.29 is 14.3 Å². The number of nitrogens with zero attached hydrogens (tertiary/aromatic N) is 1. The molecule has 2 N–H and O–H groups in total. The Morgan fingerprint density at radius 3 is 2.42 bits per heavy atom. The van der Waals surface area contributed by atoms with Gasteiger partial charge in [-0.2, -0.15) is 0 Å². The molecule has 2 amide bonds. The van der Waals surface area contributed by atoms with Crippen LogP contribution in [0.4, 0.5) is 11.4 Å². The predicted molar refractivity (Wildman–Crippen MR) is 95.2 cm³/mol. The van der Waals surface area contributed by atoms with E-state index in [0.29, 0.717) is 23.7 Å². The van der Waals surface area contributed by atoms with Crippen molar-refractivity contribution in [3.05, 3.63) is 48.5 Å². The Bertz CT molecular complexity index is 744. The minimum absolute atomic E-state index is 0.183. The number of amides is 2. The number of imide groups is 1. The molecule has 2 aromatic rings. The number of carbonyl (C=O) groups excluding carboxylic acids is 2. The van der Waals surface area contributed by atoms with Gasteiger partial charge in [-0.1, -0.05) is 0 Å². The molecular weight excluding hydrogens is 324 g/mol. The van der Waals surface area contributed by atoms with Gasteiger partial charge in [-0.3, -0.25) is 9.59 Å². The molecule has 0 radical (unpaired) electrons. The highest BCUT2D eigenvalue weighted by atomic mass is 32.2. The lowest BCUT2D eigenvalue weighted by atomic mass is 10.3. The molecule has 6 heteroatoms. The van der Waals surface area contributed by atoms with Crippen LogP contribution in [0.25, 0.3) is 0 Å². The van der Waals surface area contributed by atoms with E-state index >= 15 is 0 Å². The van der Waals surface area contributed by atoms with Crippen molar-refractivity contribution in [3.8, 4) is 5.75 Å². The first kappa shape index (κ1) is 16.4. The fraction of sp³-hybridized carbons (Fsp3) is 0.222. The van der Waals surface area contributed by atoms with Gasteiger partial charge in [0.1, 0.15) is 5.75 Å². The van der Waals surface area contributed by atoms with Crippen molar-refractivity contribution in [2.45, 2.75) is 23.5 Å². The molecule has 1 unspecified atom stereocenters. The van der Waals surface area contributed by atoms with E-state index in [1.54, 1.807) is 36.4 Å². The Kier molecular flexibility index (Phi) is 4.76. The van der Waals surface area contributed by atoms with E-state index in [0.717, 1.165) is 4.90 Å². The fourth-order valence-corrected chi connectivity index (χ4v) is 3.59. The summed E-state index contributed by atoms with van der Waals surface area (Å²) in [6.45, 7) is 2.47. The van der Waals surface area contributed by atoms with Crippen LogP contribution in [-0.2, 0) is 9.59 Å². The second-order valence-corrected chi connectivity index (χ2v) is 6.65. The molecule has 0 bridgehead atoms. The third-order valence-electron chi connectivity index (χ3n) is 3.67. The normalized spacial score (nSPS) is 17.4. The number of rotatable bonds is 5. The molecule has 1 atom stereocenters. The summed E-state index contributed by atoms with van der Waals surface area (Å²) in [5.41, 5.74) is 6.92. The number of anilines is 2. The summed E-state index contributed by atoms with van der Waals surface area (Å²) in [6, 6.07) is 14.3. The molecule has 0 spiro atoms. The molecule has 0 saturated carbocycles. The average molecular weight is 342 g/mol. The molecule has 2 aromatic carbocycles. The van der Waals surface area contributed by atoms with E-state index in [4.69, 9.17) is 10.5 Å². The summed E-state index contributed by atoms with van der Waals surface area (Å²) in [7, 11) is 0. The summed E-state index contributed by atoms with van der Waals surface area (Å²) in [5, 5.41) is -0.410. The summed E-state index contributed by atoms with van der Waals surface area (Å²) < 4.78 is 5.38. The molecule has 0 aromatic heterocycles. The van der Waals surface area contributed by atoms with Gasteiger partial charge < -0.3 is 10.5 Å². The van der Waals surface area contributed by atoms with Crippen LogP contribution in [0, 0.1) is 0 Å². The first-order valence-electron chi connectivity index (χ1n) is 7.70. The predicted octanol–water partition coefficient (Wildman–Crippen LogP) is 3.09. The summed E-state index contributed by atoms with van der Waals surface area (Å²) in [4.78, 5) is 27.1. The quantitative estimate of drug-likeness (QED) is 0.668. The number of nitrogens with two attached hydrogens (primary N) is 1. The first-order valence-corrected chi connectivity index (χ1v) is 8.58. The molecule has 0 aliphatic carbocycles. The molecule has 24 heavy (non-hydrogen) atoms.